The summed E-state index contributed by atoms with van der Waals surface area (Å²) in [6.45, 7) is 9.55. The first-order valence-electron chi connectivity index (χ1n) is 5.29. The minimum Gasteiger partial charge on any atom is -0.339 e. The predicted octanol–water partition coefficient (Wildman–Crippen LogP) is 2.43. The van der Waals surface area contributed by atoms with Crippen LogP contribution in [0, 0.1) is 5.41 Å². The van der Waals surface area contributed by atoms with E-state index >= 15 is 0 Å². The standard InChI is InChI=1S/C11H21NO/c1-5-9-7-11(3,4)8-12(9)10(13)6-2/h9H,5-8H2,1-4H3. The van der Waals surface area contributed by atoms with E-state index in [4.69, 9.17) is 0 Å². The molecule has 0 aliphatic carbocycles. The smallest absolute Gasteiger partial charge is 0.222 e. The summed E-state index contributed by atoms with van der Waals surface area (Å²) in [5.41, 5.74) is 0.325. The number of carbonyl (C=O) groups excluding carboxylic acids is 1. The highest BCUT2D eigenvalue weighted by molar-refractivity contribution is 5.76. The van der Waals surface area contributed by atoms with Crippen LogP contribution in [0.25, 0.3) is 0 Å². The molecule has 1 aliphatic rings. The molecule has 1 fully saturated rings. The molecule has 0 aromatic rings. The van der Waals surface area contributed by atoms with Crippen LogP contribution in [0.5, 0.6) is 0 Å². The molecule has 1 atom stereocenters. The molecule has 1 heterocycles. The van der Waals surface area contributed by atoms with E-state index in [0.717, 1.165) is 19.4 Å². The molecule has 1 rings (SSSR count). The maximum Gasteiger partial charge on any atom is 0.222 e. The molecule has 0 N–H and O–H groups in total. The number of hydrogen-bond donors (Lipinski definition) is 0. The summed E-state index contributed by atoms with van der Waals surface area (Å²) in [4.78, 5) is 13.7. The van der Waals surface area contributed by atoms with Gasteiger partial charge in [-0.15, -0.1) is 0 Å². The maximum absolute atomic E-state index is 11.6. The van der Waals surface area contributed by atoms with E-state index in [9.17, 15) is 4.79 Å². The van der Waals surface area contributed by atoms with Crippen LogP contribution in [0.1, 0.15) is 47.0 Å². The lowest BCUT2D eigenvalue weighted by Gasteiger charge is -2.23. The zero-order chi connectivity index (χ0) is 10.1. The van der Waals surface area contributed by atoms with Crippen molar-refractivity contribution in [1.29, 1.82) is 0 Å². The van der Waals surface area contributed by atoms with Gasteiger partial charge in [-0.05, 0) is 18.3 Å². The third kappa shape index (κ3) is 2.23. The van der Waals surface area contributed by atoms with E-state index in [1.807, 2.05) is 6.92 Å². The van der Waals surface area contributed by atoms with E-state index in [-0.39, 0.29) is 0 Å². The van der Waals surface area contributed by atoms with Crippen LogP contribution in [0.4, 0.5) is 0 Å². The van der Waals surface area contributed by atoms with E-state index in [2.05, 4.69) is 25.7 Å². The fourth-order valence-electron chi connectivity index (χ4n) is 2.26. The molecular formula is C11H21NO. The SMILES string of the molecule is CCC(=O)N1CC(C)(C)CC1CC. The van der Waals surface area contributed by atoms with Gasteiger partial charge in [0, 0.05) is 19.0 Å². The number of hydrogen-bond acceptors (Lipinski definition) is 1. The summed E-state index contributed by atoms with van der Waals surface area (Å²) >= 11 is 0. The summed E-state index contributed by atoms with van der Waals surface area (Å²) < 4.78 is 0. The predicted molar refractivity (Wildman–Crippen MR) is 54.5 cm³/mol. The summed E-state index contributed by atoms with van der Waals surface area (Å²) in [7, 11) is 0. The van der Waals surface area contributed by atoms with Crippen LogP contribution >= 0.6 is 0 Å². The Morgan fingerprint density at radius 1 is 1.46 bits per heavy atom. The Labute approximate surface area is 81.3 Å². The van der Waals surface area contributed by atoms with Crippen molar-refractivity contribution < 1.29 is 4.79 Å². The van der Waals surface area contributed by atoms with Gasteiger partial charge in [0.25, 0.3) is 0 Å². The Balaban J connectivity index is 2.69. The Morgan fingerprint density at radius 2 is 2.08 bits per heavy atom. The van der Waals surface area contributed by atoms with Crippen LogP contribution in [0.15, 0.2) is 0 Å². The summed E-state index contributed by atoms with van der Waals surface area (Å²) in [6.07, 6.45) is 2.90. The first-order chi connectivity index (χ1) is 6.00. The van der Waals surface area contributed by atoms with Gasteiger partial charge in [-0.25, -0.2) is 0 Å². The fourth-order valence-corrected chi connectivity index (χ4v) is 2.26. The normalized spacial score (nSPS) is 26.5. The monoisotopic (exact) mass is 183 g/mol. The molecule has 76 valence electrons. The molecule has 0 aromatic carbocycles. The third-order valence-electron chi connectivity index (χ3n) is 2.92. The van der Waals surface area contributed by atoms with Gasteiger partial charge in [0.1, 0.15) is 0 Å². The maximum atomic E-state index is 11.6. The van der Waals surface area contributed by atoms with Gasteiger partial charge in [-0.3, -0.25) is 4.79 Å². The molecule has 0 spiro atoms. The van der Waals surface area contributed by atoms with E-state index < -0.39 is 0 Å². The number of rotatable bonds is 2. The molecule has 1 aliphatic heterocycles. The molecule has 1 saturated heterocycles. The second kappa shape index (κ2) is 3.69. The molecule has 1 amide bonds. The van der Waals surface area contributed by atoms with Crippen molar-refractivity contribution >= 4 is 5.91 Å². The number of amides is 1. The van der Waals surface area contributed by atoms with Crippen LogP contribution in [0.3, 0.4) is 0 Å². The van der Waals surface area contributed by atoms with Gasteiger partial charge in [-0.1, -0.05) is 27.7 Å². The molecule has 2 nitrogen and oxygen atoms in total. The van der Waals surface area contributed by atoms with Crippen molar-refractivity contribution in [3.8, 4) is 0 Å². The van der Waals surface area contributed by atoms with Gasteiger partial charge in [0.2, 0.25) is 5.91 Å². The van der Waals surface area contributed by atoms with E-state index in [1.165, 1.54) is 0 Å². The molecule has 0 bridgehead atoms. The highest BCUT2D eigenvalue weighted by Crippen LogP contribution is 2.35. The lowest BCUT2D eigenvalue weighted by Crippen LogP contribution is -2.35. The van der Waals surface area contributed by atoms with Crippen LogP contribution in [-0.4, -0.2) is 23.4 Å². The molecule has 0 radical (unpaired) electrons. The van der Waals surface area contributed by atoms with Crippen LogP contribution in [-0.2, 0) is 4.79 Å². The largest absolute Gasteiger partial charge is 0.339 e. The Kier molecular flexibility index (Phi) is 2.99. The minimum atomic E-state index is 0.317. The van der Waals surface area contributed by atoms with Crippen molar-refractivity contribution in [3.63, 3.8) is 0 Å². The lowest BCUT2D eigenvalue weighted by molar-refractivity contribution is -0.132. The Morgan fingerprint density at radius 3 is 2.54 bits per heavy atom. The van der Waals surface area contributed by atoms with E-state index in [1.54, 1.807) is 0 Å². The lowest BCUT2D eigenvalue weighted by atomic mass is 9.90. The first kappa shape index (κ1) is 10.6. The van der Waals surface area contributed by atoms with Crippen LogP contribution < -0.4 is 0 Å². The topological polar surface area (TPSA) is 20.3 Å². The second-order valence-electron chi connectivity index (χ2n) is 4.81. The van der Waals surface area contributed by atoms with Crippen molar-refractivity contribution in [2.45, 2.75) is 53.0 Å². The summed E-state index contributed by atoms with van der Waals surface area (Å²) in [5, 5.41) is 0. The van der Waals surface area contributed by atoms with Gasteiger partial charge < -0.3 is 4.90 Å². The number of likely N-dealkylation sites (tertiary alicyclic amines) is 1. The molecule has 0 saturated carbocycles. The molecule has 1 unspecified atom stereocenters. The Bertz CT molecular complexity index is 198. The average molecular weight is 183 g/mol. The molecule has 0 aromatic heterocycles. The minimum absolute atomic E-state index is 0.317. The fraction of sp³-hybridized carbons (Fsp3) is 0.909. The van der Waals surface area contributed by atoms with Crippen molar-refractivity contribution in [2.24, 2.45) is 5.41 Å². The average Bonchev–Trinajstić information content (AvgIpc) is 2.39. The number of nitrogens with zero attached hydrogens (tertiary/aromatic N) is 1. The van der Waals surface area contributed by atoms with Gasteiger partial charge in [0.05, 0.1) is 0 Å². The van der Waals surface area contributed by atoms with Crippen LogP contribution in [0.2, 0.25) is 0 Å². The van der Waals surface area contributed by atoms with Gasteiger partial charge >= 0.3 is 0 Å². The quantitative estimate of drug-likeness (QED) is 0.644. The highest BCUT2D eigenvalue weighted by Gasteiger charge is 2.37. The second-order valence-corrected chi connectivity index (χ2v) is 4.81. The number of carbonyl (C=O) groups is 1. The summed E-state index contributed by atoms with van der Waals surface area (Å²) in [6, 6.07) is 0.488. The van der Waals surface area contributed by atoms with Gasteiger partial charge in [0.15, 0.2) is 0 Å². The van der Waals surface area contributed by atoms with Crippen molar-refractivity contribution in [3.05, 3.63) is 0 Å². The molecular weight excluding hydrogens is 162 g/mol. The van der Waals surface area contributed by atoms with Crippen molar-refractivity contribution in [1.82, 2.24) is 4.90 Å². The third-order valence-corrected chi connectivity index (χ3v) is 2.92. The molecule has 2 heteroatoms. The first-order valence-corrected chi connectivity index (χ1v) is 5.29. The Hall–Kier alpha value is -0.530. The van der Waals surface area contributed by atoms with Gasteiger partial charge in [-0.2, -0.15) is 0 Å². The zero-order valence-corrected chi connectivity index (χ0v) is 9.26. The highest BCUT2D eigenvalue weighted by atomic mass is 16.2. The zero-order valence-electron chi connectivity index (χ0n) is 9.26. The molecule has 13 heavy (non-hydrogen) atoms. The summed E-state index contributed by atoms with van der Waals surface area (Å²) in [5.74, 6) is 0.317. The van der Waals surface area contributed by atoms with E-state index in [0.29, 0.717) is 23.8 Å². The van der Waals surface area contributed by atoms with Crippen molar-refractivity contribution in [2.75, 3.05) is 6.54 Å².